The van der Waals surface area contributed by atoms with Gasteiger partial charge in [-0.1, -0.05) is 0 Å². The fraction of sp³-hybridized carbons (Fsp3) is 0.455. The van der Waals surface area contributed by atoms with Gasteiger partial charge in [-0.05, 0) is 6.92 Å². The molecule has 7 heteroatoms. The largest absolute Gasteiger partial charge is 0.506 e. The van der Waals surface area contributed by atoms with Crippen molar-refractivity contribution < 1.29 is 25.2 Å². The van der Waals surface area contributed by atoms with Crippen LogP contribution in [0.2, 0.25) is 0 Å². The van der Waals surface area contributed by atoms with Gasteiger partial charge in [0.15, 0.2) is 0 Å². The normalized spacial score (nSPS) is 12.4. The predicted molar refractivity (Wildman–Crippen MR) is 61.9 cm³/mol. The Morgan fingerprint density at radius 3 is 2.67 bits per heavy atom. The minimum Gasteiger partial charge on any atom is -0.506 e. The van der Waals surface area contributed by atoms with Crippen molar-refractivity contribution in [3.05, 3.63) is 23.0 Å². The fourth-order valence-electron chi connectivity index (χ4n) is 1.47. The summed E-state index contributed by atoms with van der Waals surface area (Å²) in [7, 11) is 0. The molecule has 0 aliphatic carbocycles. The lowest BCUT2D eigenvalue weighted by Crippen LogP contribution is -2.39. The van der Waals surface area contributed by atoms with Gasteiger partial charge >= 0.3 is 5.97 Å². The van der Waals surface area contributed by atoms with Crippen molar-refractivity contribution in [3.63, 3.8) is 0 Å². The molecule has 18 heavy (non-hydrogen) atoms. The molecule has 0 bridgehead atoms. The summed E-state index contributed by atoms with van der Waals surface area (Å²) in [6.45, 7) is 0.743. The molecule has 0 amide bonds. The number of nitrogens with zero attached hydrogens (tertiary/aromatic N) is 1. The van der Waals surface area contributed by atoms with E-state index >= 15 is 0 Å². The second-order valence-corrected chi connectivity index (χ2v) is 3.81. The number of aliphatic hydroxyl groups is 2. The zero-order valence-electron chi connectivity index (χ0n) is 9.92. The van der Waals surface area contributed by atoms with Crippen LogP contribution in [0.15, 0.2) is 6.20 Å². The first-order chi connectivity index (χ1) is 8.51. The van der Waals surface area contributed by atoms with Gasteiger partial charge in [0.25, 0.3) is 0 Å². The molecule has 0 aliphatic heterocycles. The van der Waals surface area contributed by atoms with E-state index in [-0.39, 0.29) is 18.9 Å². The van der Waals surface area contributed by atoms with Crippen LogP contribution in [-0.2, 0) is 17.9 Å². The van der Waals surface area contributed by atoms with Gasteiger partial charge in [0.05, 0.1) is 18.9 Å². The smallest absolute Gasteiger partial charge is 0.323 e. The lowest BCUT2D eigenvalue weighted by atomic mass is 10.1. The zero-order chi connectivity index (χ0) is 13.7. The number of aromatic hydroxyl groups is 1. The lowest BCUT2D eigenvalue weighted by molar-refractivity contribution is -0.140. The van der Waals surface area contributed by atoms with Crippen LogP contribution < -0.4 is 5.32 Å². The lowest BCUT2D eigenvalue weighted by Gasteiger charge is -2.15. The molecular weight excluding hydrogens is 240 g/mol. The third kappa shape index (κ3) is 3.16. The molecule has 0 radical (unpaired) electrons. The van der Waals surface area contributed by atoms with Gasteiger partial charge in [0.2, 0.25) is 0 Å². The number of aryl methyl sites for hydroxylation is 1. The maximum absolute atomic E-state index is 10.7. The molecule has 7 nitrogen and oxygen atoms in total. The number of hydrogen-bond donors (Lipinski definition) is 5. The number of aliphatic carboxylic acids is 1. The van der Waals surface area contributed by atoms with E-state index in [1.54, 1.807) is 6.92 Å². The highest BCUT2D eigenvalue weighted by atomic mass is 16.4. The number of rotatable bonds is 6. The average Bonchev–Trinajstić information content (AvgIpc) is 2.34. The molecule has 1 unspecified atom stereocenters. The Morgan fingerprint density at radius 2 is 2.17 bits per heavy atom. The highest BCUT2D eigenvalue weighted by Gasteiger charge is 2.18. The van der Waals surface area contributed by atoms with Crippen LogP contribution in [0.3, 0.4) is 0 Å². The molecule has 1 aromatic rings. The van der Waals surface area contributed by atoms with Gasteiger partial charge in [-0.15, -0.1) is 0 Å². The van der Waals surface area contributed by atoms with Crippen molar-refractivity contribution in [2.75, 3.05) is 6.61 Å². The number of carboxylic acids is 1. The summed E-state index contributed by atoms with van der Waals surface area (Å²) >= 11 is 0. The van der Waals surface area contributed by atoms with Crippen molar-refractivity contribution in [3.8, 4) is 5.75 Å². The number of carboxylic acid groups (broad SMARTS) is 1. The van der Waals surface area contributed by atoms with E-state index in [0.29, 0.717) is 16.8 Å². The van der Waals surface area contributed by atoms with Crippen LogP contribution in [0, 0.1) is 6.92 Å². The molecule has 0 aliphatic rings. The Hall–Kier alpha value is -1.70. The number of hydrogen-bond acceptors (Lipinski definition) is 6. The molecule has 1 atom stereocenters. The SMILES string of the molecule is Cc1ncc(CO)c(CNC(CO)C(=O)O)c1O. The molecule has 5 N–H and O–H groups in total. The average molecular weight is 256 g/mol. The highest BCUT2D eigenvalue weighted by Crippen LogP contribution is 2.23. The minimum absolute atomic E-state index is 0.0165. The van der Waals surface area contributed by atoms with Crippen molar-refractivity contribution in [2.24, 2.45) is 0 Å². The highest BCUT2D eigenvalue weighted by molar-refractivity contribution is 5.73. The molecule has 0 saturated heterocycles. The topological polar surface area (TPSA) is 123 Å². The number of pyridine rings is 1. The summed E-state index contributed by atoms with van der Waals surface area (Å²) in [5, 5.41) is 39.1. The van der Waals surface area contributed by atoms with E-state index in [1.807, 2.05) is 0 Å². The molecular formula is C11H16N2O5. The Morgan fingerprint density at radius 1 is 1.50 bits per heavy atom. The van der Waals surface area contributed by atoms with Crippen LogP contribution in [0.5, 0.6) is 5.75 Å². The van der Waals surface area contributed by atoms with Crippen LogP contribution in [0.1, 0.15) is 16.8 Å². The molecule has 0 spiro atoms. The molecule has 100 valence electrons. The molecule has 0 aromatic carbocycles. The number of aliphatic hydroxyl groups excluding tert-OH is 2. The van der Waals surface area contributed by atoms with E-state index < -0.39 is 18.6 Å². The summed E-state index contributed by atoms with van der Waals surface area (Å²) in [5.74, 6) is -1.27. The third-order valence-electron chi connectivity index (χ3n) is 2.61. The van der Waals surface area contributed by atoms with Crippen LogP contribution in [0.25, 0.3) is 0 Å². The first-order valence-corrected chi connectivity index (χ1v) is 5.35. The predicted octanol–water partition coefficient (Wildman–Crippen LogP) is -0.877. The van der Waals surface area contributed by atoms with Crippen molar-refractivity contribution in [1.82, 2.24) is 10.3 Å². The Labute approximate surface area is 104 Å². The maximum atomic E-state index is 10.7. The molecule has 0 saturated carbocycles. The molecule has 0 fully saturated rings. The fourth-order valence-corrected chi connectivity index (χ4v) is 1.47. The minimum atomic E-state index is -1.19. The number of nitrogens with one attached hydrogen (secondary N) is 1. The summed E-state index contributed by atoms with van der Waals surface area (Å²) < 4.78 is 0. The molecule has 1 heterocycles. The maximum Gasteiger partial charge on any atom is 0.323 e. The van der Waals surface area contributed by atoms with Gasteiger partial charge in [-0.3, -0.25) is 15.1 Å². The van der Waals surface area contributed by atoms with Gasteiger partial charge in [-0.2, -0.15) is 0 Å². The Kier molecular flexibility index (Phi) is 5.02. The van der Waals surface area contributed by atoms with E-state index in [9.17, 15) is 9.90 Å². The first-order valence-electron chi connectivity index (χ1n) is 5.35. The Bertz CT molecular complexity index is 436. The summed E-state index contributed by atoms with van der Waals surface area (Å²) in [5.41, 5.74) is 1.18. The summed E-state index contributed by atoms with van der Waals surface area (Å²) in [4.78, 5) is 14.6. The van der Waals surface area contributed by atoms with E-state index in [2.05, 4.69) is 10.3 Å². The van der Waals surface area contributed by atoms with Gasteiger partial charge in [0.1, 0.15) is 11.8 Å². The van der Waals surface area contributed by atoms with Gasteiger partial charge in [0, 0.05) is 23.9 Å². The second-order valence-electron chi connectivity index (χ2n) is 3.81. The van der Waals surface area contributed by atoms with Crippen molar-refractivity contribution in [1.29, 1.82) is 0 Å². The standard InChI is InChI=1S/C11H16N2O5/c1-6-10(16)8(7(4-14)2-12-6)3-13-9(5-15)11(17)18/h2,9,13-16H,3-5H2,1H3,(H,17,18). The van der Waals surface area contributed by atoms with Crippen LogP contribution in [-0.4, -0.2) is 44.0 Å². The van der Waals surface area contributed by atoms with Crippen LogP contribution >= 0.6 is 0 Å². The monoisotopic (exact) mass is 256 g/mol. The second kappa shape index (κ2) is 6.29. The molecule has 1 rings (SSSR count). The van der Waals surface area contributed by atoms with Crippen molar-refractivity contribution in [2.45, 2.75) is 26.1 Å². The van der Waals surface area contributed by atoms with Crippen LogP contribution in [0.4, 0.5) is 0 Å². The van der Waals surface area contributed by atoms with E-state index in [4.69, 9.17) is 15.3 Å². The van der Waals surface area contributed by atoms with E-state index in [1.165, 1.54) is 6.20 Å². The van der Waals surface area contributed by atoms with Gasteiger partial charge < -0.3 is 20.4 Å². The number of carbonyl (C=O) groups is 1. The summed E-state index contributed by atoms with van der Waals surface area (Å²) in [6.07, 6.45) is 1.42. The zero-order valence-corrected chi connectivity index (χ0v) is 9.92. The third-order valence-corrected chi connectivity index (χ3v) is 2.61. The van der Waals surface area contributed by atoms with Gasteiger partial charge in [-0.25, -0.2) is 0 Å². The Balaban J connectivity index is 2.89. The summed E-state index contributed by atoms with van der Waals surface area (Å²) in [6, 6.07) is -1.12. The molecule has 1 aromatic heterocycles. The first kappa shape index (κ1) is 14.4. The van der Waals surface area contributed by atoms with E-state index in [0.717, 1.165) is 0 Å². The quantitative estimate of drug-likeness (QED) is 0.448. The van der Waals surface area contributed by atoms with Crippen molar-refractivity contribution >= 4 is 5.97 Å². The number of aromatic nitrogens is 1.